The van der Waals surface area contributed by atoms with E-state index < -0.39 is 5.91 Å². The average Bonchev–Trinajstić information content (AvgIpc) is 2.79. The van der Waals surface area contributed by atoms with E-state index >= 15 is 0 Å². The highest BCUT2D eigenvalue weighted by atomic mass is 16.5. The van der Waals surface area contributed by atoms with Crippen LogP contribution in [0.5, 0.6) is 5.75 Å². The first kappa shape index (κ1) is 11.9. The summed E-state index contributed by atoms with van der Waals surface area (Å²) in [6, 6.07) is 4.99. The van der Waals surface area contributed by atoms with Crippen molar-refractivity contribution in [1.82, 2.24) is 15.2 Å². The number of hydrogen-bond donors (Lipinski definition) is 3. The minimum absolute atomic E-state index is 0.0646. The van der Waals surface area contributed by atoms with Gasteiger partial charge in [0.15, 0.2) is 0 Å². The van der Waals surface area contributed by atoms with Gasteiger partial charge in [0.25, 0.3) is 5.91 Å². The minimum atomic E-state index is -0.431. The number of aromatic nitrogens is 3. The molecule has 94 valence electrons. The zero-order valence-electron chi connectivity index (χ0n) is 10.0. The van der Waals surface area contributed by atoms with E-state index in [0.717, 1.165) is 0 Å². The SMILES string of the molecule is COc1ccc(N)c(NC(=O)c2n[nH]c(C)n2)c1. The summed E-state index contributed by atoms with van der Waals surface area (Å²) >= 11 is 0. The van der Waals surface area contributed by atoms with E-state index in [9.17, 15) is 4.79 Å². The molecule has 7 heteroatoms. The van der Waals surface area contributed by atoms with Crippen molar-refractivity contribution >= 4 is 17.3 Å². The Bertz CT molecular complexity index is 579. The van der Waals surface area contributed by atoms with Gasteiger partial charge in [-0.05, 0) is 19.1 Å². The van der Waals surface area contributed by atoms with Crippen LogP contribution in [0.1, 0.15) is 16.4 Å². The Hall–Kier alpha value is -2.57. The number of H-pyrrole nitrogens is 1. The Morgan fingerprint density at radius 3 is 2.89 bits per heavy atom. The number of aryl methyl sites for hydroxylation is 1. The van der Waals surface area contributed by atoms with Gasteiger partial charge in [0, 0.05) is 6.07 Å². The molecule has 0 saturated carbocycles. The van der Waals surface area contributed by atoms with Crippen LogP contribution >= 0.6 is 0 Å². The lowest BCUT2D eigenvalue weighted by Crippen LogP contribution is -2.15. The van der Waals surface area contributed by atoms with E-state index in [1.54, 1.807) is 25.1 Å². The number of hydrogen-bond acceptors (Lipinski definition) is 5. The summed E-state index contributed by atoms with van der Waals surface area (Å²) in [5.74, 6) is 0.804. The normalized spacial score (nSPS) is 10.1. The second kappa shape index (κ2) is 4.74. The summed E-state index contributed by atoms with van der Waals surface area (Å²) in [4.78, 5) is 15.8. The molecule has 0 atom stereocenters. The molecule has 18 heavy (non-hydrogen) atoms. The van der Waals surface area contributed by atoms with Crippen LogP contribution in [-0.4, -0.2) is 28.2 Å². The lowest BCUT2D eigenvalue weighted by atomic mass is 10.2. The fourth-order valence-corrected chi connectivity index (χ4v) is 1.39. The van der Waals surface area contributed by atoms with Crippen LogP contribution < -0.4 is 15.8 Å². The van der Waals surface area contributed by atoms with E-state index in [4.69, 9.17) is 10.5 Å². The first-order chi connectivity index (χ1) is 8.60. The largest absolute Gasteiger partial charge is 0.497 e. The van der Waals surface area contributed by atoms with Crippen molar-refractivity contribution in [3.63, 3.8) is 0 Å². The maximum absolute atomic E-state index is 11.8. The molecule has 1 aromatic carbocycles. The molecule has 0 spiro atoms. The van der Waals surface area contributed by atoms with E-state index in [2.05, 4.69) is 20.5 Å². The molecule has 1 aromatic heterocycles. The zero-order chi connectivity index (χ0) is 13.1. The highest BCUT2D eigenvalue weighted by molar-refractivity contribution is 6.03. The molecular formula is C11H13N5O2. The van der Waals surface area contributed by atoms with Gasteiger partial charge in [-0.15, -0.1) is 5.10 Å². The van der Waals surface area contributed by atoms with Gasteiger partial charge in [-0.3, -0.25) is 9.89 Å². The van der Waals surface area contributed by atoms with Crippen molar-refractivity contribution in [2.75, 3.05) is 18.2 Å². The minimum Gasteiger partial charge on any atom is -0.497 e. The Labute approximate surface area is 103 Å². The molecule has 0 radical (unpaired) electrons. The van der Waals surface area contributed by atoms with Crippen molar-refractivity contribution in [2.24, 2.45) is 0 Å². The highest BCUT2D eigenvalue weighted by Crippen LogP contribution is 2.24. The predicted octanol–water partition coefficient (Wildman–Crippen LogP) is 0.956. The fourth-order valence-electron chi connectivity index (χ4n) is 1.39. The van der Waals surface area contributed by atoms with Gasteiger partial charge in [0.05, 0.1) is 18.5 Å². The number of nitrogens with zero attached hydrogens (tertiary/aromatic N) is 2. The topological polar surface area (TPSA) is 106 Å². The van der Waals surface area contributed by atoms with E-state index in [-0.39, 0.29) is 5.82 Å². The van der Waals surface area contributed by atoms with Crippen LogP contribution in [0.3, 0.4) is 0 Å². The van der Waals surface area contributed by atoms with Crippen LogP contribution in [-0.2, 0) is 0 Å². The van der Waals surface area contributed by atoms with Gasteiger partial charge in [-0.25, -0.2) is 4.98 Å². The lowest BCUT2D eigenvalue weighted by Gasteiger charge is -2.08. The Balaban J connectivity index is 2.21. The second-order valence-electron chi connectivity index (χ2n) is 3.65. The number of carbonyl (C=O) groups is 1. The van der Waals surface area contributed by atoms with Gasteiger partial charge in [-0.2, -0.15) is 0 Å². The molecule has 1 heterocycles. The monoisotopic (exact) mass is 247 g/mol. The molecule has 0 bridgehead atoms. The van der Waals surface area contributed by atoms with Gasteiger partial charge >= 0.3 is 0 Å². The molecule has 2 rings (SSSR count). The number of anilines is 2. The molecular weight excluding hydrogens is 234 g/mol. The number of methoxy groups -OCH3 is 1. The number of nitrogen functional groups attached to an aromatic ring is 1. The summed E-state index contributed by atoms with van der Waals surface area (Å²) in [6.07, 6.45) is 0. The van der Waals surface area contributed by atoms with Crippen molar-refractivity contribution in [2.45, 2.75) is 6.92 Å². The first-order valence-corrected chi connectivity index (χ1v) is 5.24. The molecule has 0 fully saturated rings. The Morgan fingerprint density at radius 1 is 1.50 bits per heavy atom. The molecule has 0 unspecified atom stereocenters. The quantitative estimate of drug-likeness (QED) is 0.700. The van der Waals surface area contributed by atoms with Gasteiger partial charge in [0.2, 0.25) is 5.82 Å². The third-order valence-electron chi connectivity index (χ3n) is 2.31. The average molecular weight is 247 g/mol. The number of nitrogens with two attached hydrogens (primary N) is 1. The summed E-state index contributed by atoms with van der Waals surface area (Å²) < 4.78 is 5.06. The summed E-state index contributed by atoms with van der Waals surface area (Å²) in [6.45, 7) is 1.71. The van der Waals surface area contributed by atoms with Crippen LogP contribution in [0.25, 0.3) is 0 Å². The maximum Gasteiger partial charge on any atom is 0.295 e. The number of ether oxygens (including phenoxy) is 1. The fraction of sp³-hybridized carbons (Fsp3) is 0.182. The van der Waals surface area contributed by atoms with E-state index in [0.29, 0.717) is 22.9 Å². The zero-order valence-corrected chi connectivity index (χ0v) is 10.0. The van der Waals surface area contributed by atoms with Gasteiger partial charge < -0.3 is 15.8 Å². The number of aromatic amines is 1. The van der Waals surface area contributed by atoms with Crippen LogP contribution in [0, 0.1) is 6.92 Å². The smallest absolute Gasteiger partial charge is 0.295 e. The Morgan fingerprint density at radius 2 is 2.28 bits per heavy atom. The van der Waals surface area contributed by atoms with Gasteiger partial charge in [-0.1, -0.05) is 0 Å². The number of rotatable bonds is 3. The molecule has 2 aromatic rings. The number of carbonyl (C=O) groups excluding carboxylic acids is 1. The summed E-state index contributed by atoms with van der Waals surface area (Å²) in [5, 5.41) is 8.98. The van der Waals surface area contributed by atoms with E-state index in [1.165, 1.54) is 7.11 Å². The highest BCUT2D eigenvalue weighted by Gasteiger charge is 2.13. The van der Waals surface area contributed by atoms with Crippen molar-refractivity contribution < 1.29 is 9.53 Å². The Kier molecular flexibility index (Phi) is 3.13. The number of benzene rings is 1. The molecule has 0 aliphatic rings. The maximum atomic E-state index is 11.8. The first-order valence-electron chi connectivity index (χ1n) is 5.24. The molecule has 1 amide bonds. The molecule has 0 aliphatic heterocycles. The molecule has 7 nitrogen and oxygen atoms in total. The lowest BCUT2D eigenvalue weighted by molar-refractivity contribution is 0.101. The third-order valence-corrected chi connectivity index (χ3v) is 2.31. The van der Waals surface area contributed by atoms with Gasteiger partial charge in [0.1, 0.15) is 11.6 Å². The summed E-state index contributed by atoms with van der Waals surface area (Å²) in [7, 11) is 1.54. The third kappa shape index (κ3) is 2.40. The molecule has 4 N–H and O–H groups in total. The number of nitrogens with one attached hydrogen (secondary N) is 2. The predicted molar refractivity (Wildman–Crippen MR) is 66.5 cm³/mol. The van der Waals surface area contributed by atoms with Crippen molar-refractivity contribution in [3.05, 3.63) is 29.8 Å². The van der Waals surface area contributed by atoms with Crippen LogP contribution in [0.4, 0.5) is 11.4 Å². The molecule has 0 saturated heterocycles. The van der Waals surface area contributed by atoms with Crippen LogP contribution in [0.15, 0.2) is 18.2 Å². The summed E-state index contributed by atoms with van der Waals surface area (Å²) in [5.41, 5.74) is 6.66. The number of amides is 1. The van der Waals surface area contributed by atoms with E-state index in [1.807, 2.05) is 0 Å². The standard InChI is InChI=1S/C11H13N5O2/c1-6-13-10(16-15-6)11(17)14-9-5-7(18-2)3-4-8(9)12/h3-5H,12H2,1-2H3,(H,14,17)(H,13,15,16). The molecule has 0 aliphatic carbocycles. The van der Waals surface area contributed by atoms with Crippen LogP contribution in [0.2, 0.25) is 0 Å². The van der Waals surface area contributed by atoms with Crippen molar-refractivity contribution in [1.29, 1.82) is 0 Å². The van der Waals surface area contributed by atoms with Crippen molar-refractivity contribution in [3.8, 4) is 5.75 Å². The second-order valence-corrected chi connectivity index (χ2v) is 3.65.